The van der Waals surface area contributed by atoms with Crippen molar-refractivity contribution in [3.63, 3.8) is 0 Å². The summed E-state index contributed by atoms with van der Waals surface area (Å²) in [6, 6.07) is 13.0. The summed E-state index contributed by atoms with van der Waals surface area (Å²) in [4.78, 5) is 0. The first-order chi connectivity index (χ1) is 9.69. The van der Waals surface area contributed by atoms with E-state index in [1.54, 1.807) is 18.2 Å². The fraction of sp³-hybridized carbons (Fsp3) is 0.250. The van der Waals surface area contributed by atoms with Crippen LogP contribution in [0.1, 0.15) is 18.1 Å². The summed E-state index contributed by atoms with van der Waals surface area (Å²) in [6.07, 6.45) is 0. The molecular weight excluding hydrogens is 274 g/mol. The molecule has 0 aliphatic rings. The zero-order valence-electron chi connectivity index (χ0n) is 11.4. The Morgan fingerprint density at radius 3 is 2.80 bits per heavy atom. The number of aromatic hydroxyl groups is 1. The van der Waals surface area contributed by atoms with Gasteiger partial charge in [0.05, 0.1) is 6.61 Å². The first-order valence-electron chi connectivity index (χ1n) is 6.59. The first-order valence-corrected chi connectivity index (χ1v) is 6.96. The fourth-order valence-corrected chi connectivity index (χ4v) is 2.14. The van der Waals surface area contributed by atoms with Crippen molar-refractivity contribution in [3.05, 3.63) is 58.6 Å². The number of phenolic OH excluding ortho intramolecular Hbond substituents is 1. The van der Waals surface area contributed by atoms with E-state index < -0.39 is 0 Å². The predicted molar refractivity (Wildman–Crippen MR) is 81.3 cm³/mol. The highest BCUT2D eigenvalue weighted by atomic mass is 35.5. The molecule has 0 heterocycles. The van der Waals surface area contributed by atoms with Crippen molar-refractivity contribution < 1.29 is 9.84 Å². The van der Waals surface area contributed by atoms with E-state index in [-0.39, 0.29) is 5.75 Å². The number of benzene rings is 2. The summed E-state index contributed by atoms with van der Waals surface area (Å²) in [6.45, 7) is 3.89. The molecule has 0 radical (unpaired) electrons. The van der Waals surface area contributed by atoms with Crippen molar-refractivity contribution in [3.8, 4) is 11.5 Å². The summed E-state index contributed by atoms with van der Waals surface area (Å²) >= 11 is 5.91. The summed E-state index contributed by atoms with van der Waals surface area (Å²) < 4.78 is 5.46. The van der Waals surface area contributed by atoms with Crippen molar-refractivity contribution in [1.29, 1.82) is 0 Å². The molecule has 20 heavy (non-hydrogen) atoms. The van der Waals surface area contributed by atoms with Crippen LogP contribution in [-0.2, 0) is 13.1 Å². The lowest BCUT2D eigenvalue weighted by Crippen LogP contribution is -2.12. The molecule has 0 fully saturated rings. The molecule has 0 amide bonds. The molecule has 0 saturated heterocycles. The number of phenols is 1. The maximum atomic E-state index is 9.73. The molecular formula is C16H18ClNO2. The van der Waals surface area contributed by atoms with Crippen LogP contribution in [0.3, 0.4) is 0 Å². The zero-order valence-corrected chi connectivity index (χ0v) is 12.2. The Balaban J connectivity index is 1.92. The van der Waals surface area contributed by atoms with E-state index in [0.717, 1.165) is 16.9 Å². The maximum absolute atomic E-state index is 9.73. The third kappa shape index (κ3) is 4.15. The Labute approximate surface area is 124 Å². The average Bonchev–Trinajstić information content (AvgIpc) is 2.43. The van der Waals surface area contributed by atoms with Crippen molar-refractivity contribution in [1.82, 2.24) is 5.32 Å². The molecule has 0 saturated carbocycles. The first kappa shape index (κ1) is 14.7. The van der Waals surface area contributed by atoms with Crippen LogP contribution < -0.4 is 10.1 Å². The Morgan fingerprint density at radius 1 is 1.15 bits per heavy atom. The Morgan fingerprint density at radius 2 is 2.00 bits per heavy atom. The minimum Gasteiger partial charge on any atom is -0.508 e. The summed E-state index contributed by atoms with van der Waals surface area (Å²) in [5.74, 6) is 1.13. The monoisotopic (exact) mass is 291 g/mol. The number of rotatable bonds is 6. The van der Waals surface area contributed by atoms with Gasteiger partial charge in [0.25, 0.3) is 0 Å². The van der Waals surface area contributed by atoms with Gasteiger partial charge in [0.15, 0.2) is 0 Å². The van der Waals surface area contributed by atoms with Crippen molar-refractivity contribution in [2.45, 2.75) is 20.0 Å². The Hall–Kier alpha value is -1.71. The van der Waals surface area contributed by atoms with Crippen LogP contribution in [0, 0.1) is 0 Å². The molecule has 3 nitrogen and oxygen atoms in total. The maximum Gasteiger partial charge on any atom is 0.120 e. The molecule has 0 atom stereocenters. The lowest BCUT2D eigenvalue weighted by atomic mass is 10.2. The highest BCUT2D eigenvalue weighted by Gasteiger charge is 2.02. The quantitative estimate of drug-likeness (QED) is 0.852. The van der Waals surface area contributed by atoms with Crippen LogP contribution in [0.15, 0.2) is 42.5 Å². The fourth-order valence-electron chi connectivity index (χ4n) is 1.95. The molecule has 106 valence electrons. The van der Waals surface area contributed by atoms with Gasteiger partial charge in [-0.2, -0.15) is 0 Å². The Bertz CT molecular complexity index is 572. The van der Waals surface area contributed by atoms with E-state index >= 15 is 0 Å². The number of nitrogens with one attached hydrogen (secondary N) is 1. The number of hydrogen-bond acceptors (Lipinski definition) is 3. The van der Waals surface area contributed by atoms with Crippen LogP contribution >= 0.6 is 11.6 Å². The lowest BCUT2D eigenvalue weighted by Gasteiger charge is -2.09. The van der Waals surface area contributed by atoms with Crippen molar-refractivity contribution in [2.24, 2.45) is 0 Å². The average molecular weight is 292 g/mol. The highest BCUT2D eigenvalue weighted by molar-refractivity contribution is 6.30. The number of ether oxygens (including phenoxy) is 1. The van der Waals surface area contributed by atoms with Gasteiger partial charge >= 0.3 is 0 Å². The van der Waals surface area contributed by atoms with Crippen molar-refractivity contribution >= 4 is 11.6 Å². The van der Waals surface area contributed by atoms with Crippen LogP contribution in [-0.4, -0.2) is 11.7 Å². The normalized spacial score (nSPS) is 10.5. The standard InChI is InChI=1S/C16H18ClNO2/c1-2-20-15-5-3-4-12(8-15)10-18-11-13-9-14(17)6-7-16(13)19/h3-9,18-19H,2,10-11H2,1H3. The molecule has 0 unspecified atom stereocenters. The molecule has 2 N–H and O–H groups in total. The second-order valence-corrected chi connectivity index (χ2v) is 4.89. The molecule has 2 rings (SSSR count). The van der Waals surface area contributed by atoms with Crippen molar-refractivity contribution in [2.75, 3.05) is 6.61 Å². The Kier molecular flexibility index (Phi) is 5.27. The summed E-state index contributed by atoms with van der Waals surface area (Å²) in [5.41, 5.74) is 1.93. The van der Waals surface area contributed by atoms with Crippen LogP contribution in [0.2, 0.25) is 5.02 Å². The van der Waals surface area contributed by atoms with Gasteiger partial charge in [-0.25, -0.2) is 0 Å². The third-order valence-corrected chi connectivity index (χ3v) is 3.13. The van der Waals surface area contributed by atoms with Gasteiger partial charge in [0, 0.05) is 23.7 Å². The zero-order chi connectivity index (χ0) is 14.4. The van der Waals surface area contributed by atoms with Crippen LogP contribution in [0.5, 0.6) is 11.5 Å². The van der Waals surface area contributed by atoms with Gasteiger partial charge in [0.1, 0.15) is 11.5 Å². The minimum atomic E-state index is 0.255. The smallest absolute Gasteiger partial charge is 0.120 e. The van der Waals surface area contributed by atoms with E-state index in [1.807, 2.05) is 31.2 Å². The number of hydrogen-bond donors (Lipinski definition) is 2. The van der Waals surface area contributed by atoms with Gasteiger partial charge < -0.3 is 15.2 Å². The molecule has 0 aliphatic heterocycles. The third-order valence-electron chi connectivity index (χ3n) is 2.90. The second kappa shape index (κ2) is 7.17. The van der Waals surface area contributed by atoms with E-state index in [2.05, 4.69) is 5.32 Å². The number of halogens is 1. The van der Waals surface area contributed by atoms with Crippen LogP contribution in [0.25, 0.3) is 0 Å². The summed E-state index contributed by atoms with van der Waals surface area (Å²) in [7, 11) is 0. The lowest BCUT2D eigenvalue weighted by molar-refractivity contribution is 0.340. The SMILES string of the molecule is CCOc1cccc(CNCc2cc(Cl)ccc2O)c1. The molecule has 4 heteroatoms. The molecule has 0 spiro atoms. The van der Waals surface area contributed by atoms with E-state index in [1.165, 1.54) is 0 Å². The molecule has 2 aromatic carbocycles. The largest absolute Gasteiger partial charge is 0.508 e. The molecule has 0 bridgehead atoms. The minimum absolute atomic E-state index is 0.255. The molecule has 2 aromatic rings. The van der Waals surface area contributed by atoms with Gasteiger partial charge in [-0.1, -0.05) is 23.7 Å². The molecule has 0 aliphatic carbocycles. The van der Waals surface area contributed by atoms with E-state index in [9.17, 15) is 5.11 Å². The predicted octanol–water partition coefficient (Wildman–Crippen LogP) is 3.73. The van der Waals surface area contributed by atoms with E-state index in [0.29, 0.717) is 24.7 Å². The van der Waals surface area contributed by atoms with Gasteiger partial charge in [-0.15, -0.1) is 0 Å². The molecule has 0 aromatic heterocycles. The highest BCUT2D eigenvalue weighted by Crippen LogP contribution is 2.21. The topological polar surface area (TPSA) is 41.5 Å². The van der Waals surface area contributed by atoms with Gasteiger partial charge in [-0.05, 0) is 42.8 Å². The summed E-state index contributed by atoms with van der Waals surface area (Å²) in [5, 5.41) is 13.6. The van der Waals surface area contributed by atoms with E-state index in [4.69, 9.17) is 16.3 Å². The van der Waals surface area contributed by atoms with Gasteiger partial charge in [-0.3, -0.25) is 0 Å². The van der Waals surface area contributed by atoms with Crippen LogP contribution in [0.4, 0.5) is 0 Å². The van der Waals surface area contributed by atoms with Gasteiger partial charge in [0.2, 0.25) is 0 Å². The second-order valence-electron chi connectivity index (χ2n) is 4.46.